The quantitative estimate of drug-likeness (QED) is 0.726. The fourth-order valence-electron chi connectivity index (χ4n) is 2.84. The first kappa shape index (κ1) is 17.1. The van der Waals surface area contributed by atoms with Crippen molar-refractivity contribution in [3.8, 4) is 11.4 Å². The van der Waals surface area contributed by atoms with Crippen molar-refractivity contribution in [3.63, 3.8) is 0 Å². The van der Waals surface area contributed by atoms with Gasteiger partial charge in [-0.1, -0.05) is 33.2 Å². The first-order chi connectivity index (χ1) is 11.7. The predicted octanol–water partition coefficient (Wildman–Crippen LogP) is 3.27. The Labute approximate surface area is 149 Å². The van der Waals surface area contributed by atoms with E-state index in [1.54, 1.807) is 0 Å². The molecule has 0 N–H and O–H groups in total. The van der Waals surface area contributed by atoms with Gasteiger partial charge in [-0.3, -0.25) is 9.69 Å². The maximum absolute atomic E-state index is 11.8. The van der Waals surface area contributed by atoms with E-state index in [2.05, 4.69) is 31.0 Å². The third kappa shape index (κ3) is 4.21. The number of esters is 1. The molecule has 1 aliphatic heterocycles. The average molecular weight is 394 g/mol. The molecule has 0 aliphatic carbocycles. The number of benzene rings is 1. The van der Waals surface area contributed by atoms with Crippen LogP contribution in [0, 0.1) is 5.92 Å². The summed E-state index contributed by atoms with van der Waals surface area (Å²) in [5.41, 5.74) is 0.917. The zero-order valence-corrected chi connectivity index (χ0v) is 15.2. The molecule has 7 heteroatoms. The van der Waals surface area contributed by atoms with Crippen molar-refractivity contribution in [1.82, 2.24) is 15.0 Å². The van der Waals surface area contributed by atoms with Crippen molar-refractivity contribution in [3.05, 3.63) is 34.6 Å². The molecule has 2 heterocycles. The molecule has 6 nitrogen and oxygen atoms in total. The van der Waals surface area contributed by atoms with Gasteiger partial charge >= 0.3 is 5.97 Å². The van der Waals surface area contributed by atoms with Gasteiger partial charge in [0.1, 0.15) is 0 Å². The summed E-state index contributed by atoms with van der Waals surface area (Å²) in [5, 5.41) is 4.05. The predicted molar refractivity (Wildman–Crippen MR) is 92.1 cm³/mol. The summed E-state index contributed by atoms with van der Waals surface area (Å²) in [6.07, 6.45) is 1.62. The van der Waals surface area contributed by atoms with Gasteiger partial charge in [0.15, 0.2) is 0 Å². The molecule has 1 aromatic carbocycles. The van der Waals surface area contributed by atoms with Gasteiger partial charge in [-0.25, -0.2) is 0 Å². The van der Waals surface area contributed by atoms with E-state index in [0.29, 0.717) is 24.9 Å². The normalized spacial score (nSPS) is 16.2. The van der Waals surface area contributed by atoms with Crippen LogP contribution in [-0.4, -0.2) is 40.7 Å². The van der Waals surface area contributed by atoms with Crippen molar-refractivity contribution >= 4 is 21.9 Å². The molecule has 0 spiro atoms. The zero-order chi connectivity index (χ0) is 16.9. The number of piperidine rings is 1. The molecule has 2 aromatic rings. The van der Waals surface area contributed by atoms with Crippen LogP contribution in [0.1, 0.15) is 25.7 Å². The number of hydrogen-bond donors (Lipinski definition) is 0. The van der Waals surface area contributed by atoms with E-state index < -0.39 is 0 Å². The van der Waals surface area contributed by atoms with E-state index in [4.69, 9.17) is 9.26 Å². The number of aromatic nitrogens is 2. The van der Waals surface area contributed by atoms with E-state index in [1.165, 1.54) is 0 Å². The lowest BCUT2D eigenvalue weighted by Crippen LogP contribution is -2.36. The highest BCUT2D eigenvalue weighted by molar-refractivity contribution is 9.10. The van der Waals surface area contributed by atoms with Crippen LogP contribution in [0.25, 0.3) is 11.4 Å². The van der Waals surface area contributed by atoms with Crippen molar-refractivity contribution in [2.45, 2.75) is 26.3 Å². The van der Waals surface area contributed by atoms with Crippen LogP contribution in [0.4, 0.5) is 0 Å². The summed E-state index contributed by atoms with van der Waals surface area (Å²) in [7, 11) is 0. The molecule has 0 atom stereocenters. The van der Waals surface area contributed by atoms with Gasteiger partial charge in [-0.05, 0) is 45.0 Å². The number of carbonyl (C=O) groups is 1. The molecule has 0 saturated carbocycles. The summed E-state index contributed by atoms with van der Waals surface area (Å²) < 4.78 is 11.4. The lowest BCUT2D eigenvalue weighted by Gasteiger charge is -2.29. The molecule has 0 bridgehead atoms. The third-order valence-corrected chi connectivity index (χ3v) is 4.61. The summed E-state index contributed by atoms with van der Waals surface area (Å²) in [6, 6.07) is 7.80. The average Bonchev–Trinajstić information content (AvgIpc) is 3.04. The van der Waals surface area contributed by atoms with Crippen molar-refractivity contribution in [2.24, 2.45) is 5.92 Å². The van der Waals surface area contributed by atoms with Gasteiger partial charge in [0.05, 0.1) is 19.1 Å². The zero-order valence-electron chi connectivity index (χ0n) is 13.6. The standard InChI is InChI=1S/C17H20BrN3O3/c1-2-23-17(22)12-6-8-21(9-7-12)11-15-19-16(20-24-15)13-4-3-5-14(18)10-13/h3-5,10,12H,2,6-9,11H2,1H3. The number of hydrogen-bond acceptors (Lipinski definition) is 6. The summed E-state index contributed by atoms with van der Waals surface area (Å²) in [5.74, 6) is 1.13. The molecule has 1 saturated heterocycles. The highest BCUT2D eigenvalue weighted by atomic mass is 79.9. The highest BCUT2D eigenvalue weighted by Gasteiger charge is 2.26. The van der Waals surface area contributed by atoms with Crippen LogP contribution in [0.5, 0.6) is 0 Å². The fourth-order valence-corrected chi connectivity index (χ4v) is 3.24. The Hall–Kier alpha value is -1.73. The Kier molecular flexibility index (Phi) is 5.63. The number of likely N-dealkylation sites (tertiary alicyclic amines) is 1. The second-order valence-corrected chi connectivity index (χ2v) is 6.74. The lowest BCUT2D eigenvalue weighted by atomic mass is 9.97. The molecule has 0 unspecified atom stereocenters. The molecule has 0 amide bonds. The van der Waals surface area contributed by atoms with Crippen LogP contribution in [0.15, 0.2) is 33.3 Å². The van der Waals surface area contributed by atoms with E-state index in [-0.39, 0.29) is 11.9 Å². The molecule has 3 rings (SSSR count). The number of ether oxygens (including phenoxy) is 1. The molecule has 24 heavy (non-hydrogen) atoms. The van der Waals surface area contributed by atoms with Crippen LogP contribution < -0.4 is 0 Å². The Balaban J connectivity index is 1.56. The van der Waals surface area contributed by atoms with E-state index in [0.717, 1.165) is 36.0 Å². The maximum Gasteiger partial charge on any atom is 0.309 e. The highest BCUT2D eigenvalue weighted by Crippen LogP contribution is 2.22. The van der Waals surface area contributed by atoms with E-state index in [1.807, 2.05) is 31.2 Å². The minimum Gasteiger partial charge on any atom is -0.466 e. The Morgan fingerprint density at radius 3 is 2.92 bits per heavy atom. The second kappa shape index (κ2) is 7.90. The SMILES string of the molecule is CCOC(=O)C1CCN(Cc2nc(-c3cccc(Br)c3)no2)CC1. The van der Waals surface area contributed by atoms with Gasteiger partial charge in [0.25, 0.3) is 0 Å². The number of carbonyl (C=O) groups excluding carboxylic acids is 1. The molecular weight excluding hydrogens is 374 g/mol. The topological polar surface area (TPSA) is 68.5 Å². The number of rotatable bonds is 5. The molecule has 1 fully saturated rings. The maximum atomic E-state index is 11.8. The number of nitrogens with zero attached hydrogens (tertiary/aromatic N) is 3. The lowest BCUT2D eigenvalue weighted by molar-refractivity contribution is -0.149. The van der Waals surface area contributed by atoms with Gasteiger partial charge in [-0.2, -0.15) is 4.98 Å². The molecule has 128 valence electrons. The van der Waals surface area contributed by atoms with Crippen molar-refractivity contribution < 1.29 is 14.1 Å². The minimum absolute atomic E-state index is 0.0149. The smallest absolute Gasteiger partial charge is 0.309 e. The molecule has 1 aromatic heterocycles. The summed E-state index contributed by atoms with van der Waals surface area (Å²) in [6.45, 7) is 4.55. The monoisotopic (exact) mass is 393 g/mol. The minimum atomic E-state index is -0.0770. The van der Waals surface area contributed by atoms with Gasteiger partial charge < -0.3 is 9.26 Å². The first-order valence-corrected chi connectivity index (χ1v) is 8.92. The van der Waals surface area contributed by atoms with Crippen LogP contribution in [0.2, 0.25) is 0 Å². The fraction of sp³-hybridized carbons (Fsp3) is 0.471. The second-order valence-electron chi connectivity index (χ2n) is 5.82. The Morgan fingerprint density at radius 1 is 1.42 bits per heavy atom. The van der Waals surface area contributed by atoms with E-state index in [9.17, 15) is 4.79 Å². The number of halogens is 1. The van der Waals surface area contributed by atoms with Crippen LogP contribution in [-0.2, 0) is 16.1 Å². The summed E-state index contributed by atoms with van der Waals surface area (Å²) >= 11 is 3.44. The van der Waals surface area contributed by atoms with Crippen molar-refractivity contribution in [1.29, 1.82) is 0 Å². The molecule has 0 radical (unpaired) electrons. The van der Waals surface area contributed by atoms with Crippen LogP contribution >= 0.6 is 15.9 Å². The largest absolute Gasteiger partial charge is 0.466 e. The van der Waals surface area contributed by atoms with Crippen LogP contribution in [0.3, 0.4) is 0 Å². The third-order valence-electron chi connectivity index (χ3n) is 4.12. The van der Waals surface area contributed by atoms with Gasteiger partial charge in [0.2, 0.25) is 11.7 Å². The molecular formula is C17H20BrN3O3. The summed E-state index contributed by atoms with van der Waals surface area (Å²) in [4.78, 5) is 18.5. The van der Waals surface area contributed by atoms with Crippen molar-refractivity contribution in [2.75, 3.05) is 19.7 Å². The van der Waals surface area contributed by atoms with E-state index >= 15 is 0 Å². The Bertz CT molecular complexity index is 696. The van der Waals surface area contributed by atoms with Gasteiger partial charge in [0, 0.05) is 10.0 Å². The Morgan fingerprint density at radius 2 is 2.21 bits per heavy atom. The molecule has 1 aliphatic rings. The first-order valence-electron chi connectivity index (χ1n) is 8.13. The van der Waals surface area contributed by atoms with Gasteiger partial charge in [-0.15, -0.1) is 0 Å².